The first-order valence-electron chi connectivity index (χ1n) is 6.30. The number of anilines is 1. The van der Waals surface area contributed by atoms with Crippen LogP contribution in [0.3, 0.4) is 0 Å². The van der Waals surface area contributed by atoms with Gasteiger partial charge in [0.1, 0.15) is 11.6 Å². The molecule has 0 aliphatic rings. The Kier molecular flexibility index (Phi) is 5.26. The fourth-order valence-electron chi connectivity index (χ4n) is 1.69. The van der Waals surface area contributed by atoms with E-state index in [1.165, 1.54) is 55.2 Å². The van der Waals surface area contributed by atoms with Gasteiger partial charge in [-0.15, -0.1) is 0 Å². The third-order valence-electron chi connectivity index (χ3n) is 2.51. The lowest BCUT2D eigenvalue weighted by molar-refractivity contribution is -0.0328. The van der Waals surface area contributed by atoms with Gasteiger partial charge in [-0.25, -0.2) is 4.39 Å². The van der Waals surface area contributed by atoms with E-state index < -0.39 is 18.8 Å². The van der Waals surface area contributed by atoms with Gasteiger partial charge >= 0.3 is 13.0 Å². The normalized spacial score (nSPS) is 14.1. The van der Waals surface area contributed by atoms with E-state index in [1.54, 1.807) is 0 Å². The minimum atomic E-state index is -4.36. The molecule has 2 aromatic carbocycles. The van der Waals surface area contributed by atoms with Crippen LogP contribution in [0.1, 0.15) is 0 Å². The number of alkyl halides is 3. The molecular weight excluding hydrogens is 353 g/mol. The van der Waals surface area contributed by atoms with Crippen LogP contribution in [-0.2, 0) is 4.57 Å². The second kappa shape index (κ2) is 6.84. The number of halogens is 4. The first-order chi connectivity index (χ1) is 10.6. The maximum absolute atomic E-state index is 12.8. The topological polar surface area (TPSA) is 38.3 Å². The lowest BCUT2D eigenvalue weighted by Gasteiger charge is -2.17. The molecule has 0 saturated heterocycles. The van der Waals surface area contributed by atoms with Crippen LogP contribution in [0.25, 0.3) is 0 Å². The smallest absolute Gasteiger partial charge is 0.429 e. The van der Waals surface area contributed by atoms with Crippen molar-refractivity contribution in [3.63, 3.8) is 0 Å². The van der Waals surface area contributed by atoms with Gasteiger partial charge in [0.25, 0.3) is 0 Å². The molecule has 0 unspecified atom stereocenters. The lowest BCUT2D eigenvalue weighted by Crippen LogP contribution is -2.02. The van der Waals surface area contributed by atoms with Crippen molar-refractivity contribution < 1.29 is 26.7 Å². The van der Waals surface area contributed by atoms with Crippen molar-refractivity contribution in [3.05, 3.63) is 54.3 Å². The zero-order valence-electron chi connectivity index (χ0n) is 11.8. The van der Waals surface area contributed by atoms with Crippen LogP contribution in [0.2, 0.25) is 0 Å². The fourth-order valence-corrected chi connectivity index (χ4v) is 3.41. The predicted octanol–water partition coefficient (Wildman–Crippen LogP) is 5.75. The molecule has 9 heteroatoms. The van der Waals surface area contributed by atoms with E-state index in [9.17, 15) is 22.1 Å². The summed E-state index contributed by atoms with van der Waals surface area (Å²) < 4.78 is 67.1. The molecule has 0 heterocycles. The Balaban J connectivity index is 2.02. The Morgan fingerprint density at radius 1 is 1.04 bits per heavy atom. The fraction of sp³-hybridized carbons (Fsp3) is 0.143. The van der Waals surface area contributed by atoms with E-state index >= 15 is 0 Å². The molecule has 0 radical (unpaired) electrons. The van der Waals surface area contributed by atoms with Crippen LogP contribution in [0.4, 0.5) is 23.2 Å². The van der Waals surface area contributed by atoms with Crippen molar-refractivity contribution in [2.75, 3.05) is 11.8 Å². The van der Waals surface area contributed by atoms with Gasteiger partial charge in [-0.3, -0.25) is 4.57 Å². The van der Waals surface area contributed by atoms with E-state index in [4.69, 9.17) is 4.52 Å². The zero-order chi connectivity index (χ0) is 17.1. The van der Waals surface area contributed by atoms with Gasteiger partial charge in [0.2, 0.25) is 0 Å². The molecule has 0 spiro atoms. The summed E-state index contributed by atoms with van der Waals surface area (Å²) in [5.74, 6) is -0.233. The molecule has 124 valence electrons. The van der Waals surface area contributed by atoms with Crippen molar-refractivity contribution in [2.45, 2.75) is 10.4 Å². The van der Waals surface area contributed by atoms with Crippen LogP contribution < -0.4 is 9.61 Å². The highest BCUT2D eigenvalue weighted by Crippen LogP contribution is 2.44. The van der Waals surface area contributed by atoms with Gasteiger partial charge < -0.3 is 9.61 Å². The van der Waals surface area contributed by atoms with Gasteiger partial charge in [-0.2, -0.15) is 13.2 Å². The third-order valence-corrected chi connectivity index (χ3v) is 4.48. The summed E-state index contributed by atoms with van der Waals surface area (Å²) in [5.41, 5.74) is -4.01. The first-order valence-corrected chi connectivity index (χ1v) is 9.19. The molecule has 0 bridgehead atoms. The Morgan fingerprint density at radius 3 is 2.13 bits per heavy atom. The molecule has 23 heavy (non-hydrogen) atoms. The maximum Gasteiger partial charge on any atom is 0.446 e. The Labute approximate surface area is 134 Å². The SMILES string of the molecule is C[P@](=O)(Nc1ccc(SC(F)(F)F)cc1)Oc1ccc(F)cc1. The molecule has 0 aromatic heterocycles. The highest BCUT2D eigenvalue weighted by atomic mass is 32.2. The van der Waals surface area contributed by atoms with E-state index in [0.717, 1.165) is 0 Å². The van der Waals surface area contributed by atoms with Crippen molar-refractivity contribution >= 4 is 25.0 Å². The Morgan fingerprint density at radius 2 is 1.61 bits per heavy atom. The molecule has 1 N–H and O–H groups in total. The number of thioether (sulfide) groups is 1. The average Bonchev–Trinajstić information content (AvgIpc) is 2.41. The van der Waals surface area contributed by atoms with Gasteiger partial charge in [0.15, 0.2) is 0 Å². The quantitative estimate of drug-likeness (QED) is 0.416. The van der Waals surface area contributed by atoms with Crippen molar-refractivity contribution in [2.24, 2.45) is 0 Å². The summed E-state index contributed by atoms with van der Waals surface area (Å²) in [6.45, 7) is 1.31. The summed E-state index contributed by atoms with van der Waals surface area (Å²) >= 11 is -0.232. The molecular formula is C14H12F4NO2PS. The predicted molar refractivity (Wildman–Crippen MR) is 82.5 cm³/mol. The molecule has 0 aliphatic heterocycles. The number of nitrogens with one attached hydrogen (secondary N) is 1. The van der Waals surface area contributed by atoms with Crippen LogP contribution in [0.5, 0.6) is 5.75 Å². The first kappa shape index (κ1) is 17.7. The van der Waals surface area contributed by atoms with Gasteiger partial charge in [0, 0.05) is 17.2 Å². The third kappa shape index (κ3) is 6.15. The number of hydrogen-bond acceptors (Lipinski definition) is 3. The maximum atomic E-state index is 12.8. The second-order valence-electron chi connectivity index (χ2n) is 4.58. The van der Waals surface area contributed by atoms with E-state index in [2.05, 4.69) is 5.09 Å². The minimum Gasteiger partial charge on any atom is -0.429 e. The van der Waals surface area contributed by atoms with Crippen LogP contribution in [0.15, 0.2) is 53.4 Å². The van der Waals surface area contributed by atoms with Gasteiger partial charge in [0.05, 0.1) is 0 Å². The summed E-state index contributed by atoms with van der Waals surface area (Å²) in [4.78, 5) is 0.0217. The molecule has 2 aromatic rings. The molecule has 1 atom stereocenters. The second-order valence-corrected chi connectivity index (χ2v) is 7.81. The standard InChI is InChI=1S/C14H12F4NO2PS/c1-22(20,21-12-6-2-10(15)3-7-12)19-11-4-8-13(9-5-11)23-14(16,17)18/h2-9H,1H3,(H,19,20)/t22-/m1/s1. The zero-order valence-corrected chi connectivity index (χ0v) is 13.5. The average molecular weight is 365 g/mol. The summed E-state index contributed by atoms with van der Waals surface area (Å²) in [7, 11) is -3.31. The minimum absolute atomic E-state index is 0.0217. The Bertz CT molecular complexity index is 704. The number of hydrogen-bond donors (Lipinski definition) is 1. The van der Waals surface area contributed by atoms with Crippen LogP contribution >= 0.6 is 19.3 Å². The molecule has 0 aliphatic carbocycles. The van der Waals surface area contributed by atoms with Crippen LogP contribution in [0, 0.1) is 5.82 Å². The number of rotatable bonds is 5. The monoisotopic (exact) mass is 365 g/mol. The van der Waals surface area contributed by atoms with Crippen LogP contribution in [-0.4, -0.2) is 12.2 Å². The lowest BCUT2D eigenvalue weighted by atomic mass is 10.3. The molecule has 2 rings (SSSR count). The highest BCUT2D eigenvalue weighted by molar-refractivity contribution is 8.00. The molecule has 0 saturated carbocycles. The summed E-state index contributed by atoms with van der Waals surface area (Å²) in [6.07, 6.45) is 0. The van der Waals surface area contributed by atoms with Crippen molar-refractivity contribution in [3.8, 4) is 5.75 Å². The highest BCUT2D eigenvalue weighted by Gasteiger charge is 2.29. The van der Waals surface area contributed by atoms with Crippen molar-refractivity contribution in [1.29, 1.82) is 0 Å². The Hall–Kier alpha value is -1.66. The van der Waals surface area contributed by atoms with Gasteiger partial charge in [-0.1, -0.05) is 0 Å². The van der Waals surface area contributed by atoms with E-state index in [-0.39, 0.29) is 22.4 Å². The van der Waals surface area contributed by atoms with Gasteiger partial charge in [-0.05, 0) is 60.3 Å². The molecule has 0 fully saturated rings. The largest absolute Gasteiger partial charge is 0.446 e. The summed E-state index contributed by atoms with van der Waals surface area (Å²) in [6, 6.07) is 10.3. The van der Waals surface area contributed by atoms with E-state index in [0.29, 0.717) is 5.69 Å². The van der Waals surface area contributed by atoms with E-state index in [1.807, 2.05) is 0 Å². The van der Waals surface area contributed by atoms with Crippen molar-refractivity contribution in [1.82, 2.24) is 0 Å². The molecule has 0 amide bonds. The summed E-state index contributed by atoms with van der Waals surface area (Å²) in [5, 5.41) is 2.62. The number of benzene rings is 2. The molecule has 3 nitrogen and oxygen atoms in total.